The lowest BCUT2D eigenvalue weighted by molar-refractivity contribution is -0.141. The molecule has 0 saturated carbocycles. The van der Waals surface area contributed by atoms with Crippen molar-refractivity contribution >= 4 is 17.2 Å². The smallest absolute Gasteiger partial charge is 0.295 e. The third-order valence-corrected chi connectivity index (χ3v) is 3.19. The van der Waals surface area contributed by atoms with Crippen molar-refractivity contribution in [3.63, 3.8) is 0 Å². The SMILES string of the molecule is N#CCn1cc(-c2cnc3c(Cl)nccn23)c(C(F)(F)F)n1. The van der Waals surface area contributed by atoms with Crippen molar-refractivity contribution in [1.82, 2.24) is 24.1 Å². The minimum atomic E-state index is -4.66. The van der Waals surface area contributed by atoms with Crippen molar-refractivity contribution in [2.24, 2.45) is 0 Å². The number of alkyl halides is 3. The fraction of sp³-hybridized carbons (Fsp3) is 0.167. The van der Waals surface area contributed by atoms with Crippen molar-refractivity contribution < 1.29 is 13.2 Å². The second kappa shape index (κ2) is 4.99. The first-order valence-electron chi connectivity index (χ1n) is 5.91. The molecule has 3 rings (SSSR count). The molecule has 10 heteroatoms. The summed E-state index contributed by atoms with van der Waals surface area (Å²) in [5.41, 5.74) is -0.869. The monoisotopic (exact) mass is 326 g/mol. The van der Waals surface area contributed by atoms with Crippen LogP contribution in [-0.2, 0) is 12.7 Å². The highest BCUT2D eigenvalue weighted by molar-refractivity contribution is 6.32. The fourth-order valence-corrected chi connectivity index (χ4v) is 2.25. The molecule has 0 fully saturated rings. The predicted molar refractivity (Wildman–Crippen MR) is 69.8 cm³/mol. The standard InChI is InChI=1S/C12H6ClF3N6/c13-10-11-19-5-8(22(11)4-2-18-10)7-6-21(3-1-17)20-9(7)12(14,15)16/h2,4-6H,3H2. The number of hydrogen-bond donors (Lipinski definition) is 0. The van der Waals surface area contributed by atoms with E-state index in [2.05, 4.69) is 15.1 Å². The van der Waals surface area contributed by atoms with E-state index in [0.717, 1.165) is 10.9 Å². The normalized spacial score (nSPS) is 11.8. The molecule has 0 saturated heterocycles. The first-order valence-corrected chi connectivity index (χ1v) is 6.29. The topological polar surface area (TPSA) is 71.8 Å². The van der Waals surface area contributed by atoms with Crippen LogP contribution in [0.1, 0.15) is 5.69 Å². The van der Waals surface area contributed by atoms with Crippen molar-refractivity contribution in [3.8, 4) is 17.3 Å². The Balaban J connectivity index is 2.26. The first-order chi connectivity index (χ1) is 10.4. The van der Waals surface area contributed by atoms with Gasteiger partial charge in [-0.3, -0.25) is 9.08 Å². The summed E-state index contributed by atoms with van der Waals surface area (Å²) in [6.45, 7) is -0.290. The molecule has 0 bridgehead atoms. The van der Waals surface area contributed by atoms with Crippen LogP contribution >= 0.6 is 11.6 Å². The summed E-state index contributed by atoms with van der Waals surface area (Å²) in [6.07, 6.45) is 0.561. The van der Waals surface area contributed by atoms with Crippen molar-refractivity contribution in [3.05, 3.63) is 35.6 Å². The molecule has 112 valence electrons. The molecule has 22 heavy (non-hydrogen) atoms. The van der Waals surface area contributed by atoms with Gasteiger partial charge in [0.25, 0.3) is 0 Å². The maximum atomic E-state index is 13.1. The minimum Gasteiger partial charge on any atom is -0.295 e. The zero-order valence-electron chi connectivity index (χ0n) is 10.7. The van der Waals surface area contributed by atoms with Crippen LogP contribution in [0.3, 0.4) is 0 Å². The van der Waals surface area contributed by atoms with E-state index in [1.54, 1.807) is 6.07 Å². The Labute approximate surface area is 126 Å². The highest BCUT2D eigenvalue weighted by Crippen LogP contribution is 2.36. The molecular weight excluding hydrogens is 321 g/mol. The summed E-state index contributed by atoms with van der Waals surface area (Å²) in [5, 5.41) is 12.1. The Hall–Kier alpha value is -2.60. The average molecular weight is 327 g/mol. The summed E-state index contributed by atoms with van der Waals surface area (Å²) < 4.78 is 41.8. The van der Waals surface area contributed by atoms with E-state index in [1.807, 2.05) is 0 Å². The number of imidazole rings is 1. The summed E-state index contributed by atoms with van der Waals surface area (Å²) in [6, 6.07) is 1.75. The van der Waals surface area contributed by atoms with E-state index >= 15 is 0 Å². The fourth-order valence-electron chi connectivity index (χ4n) is 2.06. The third-order valence-electron chi connectivity index (χ3n) is 2.92. The van der Waals surface area contributed by atoms with Gasteiger partial charge in [-0.25, -0.2) is 9.97 Å². The molecule has 0 aliphatic rings. The van der Waals surface area contributed by atoms with Crippen LogP contribution in [0.5, 0.6) is 0 Å². The molecule has 3 heterocycles. The second-order valence-corrected chi connectivity index (χ2v) is 4.66. The molecule has 0 amide bonds. The highest BCUT2D eigenvalue weighted by Gasteiger charge is 2.38. The van der Waals surface area contributed by atoms with Gasteiger partial charge >= 0.3 is 6.18 Å². The maximum absolute atomic E-state index is 13.1. The van der Waals surface area contributed by atoms with Gasteiger partial charge in [0, 0.05) is 18.6 Å². The van der Waals surface area contributed by atoms with E-state index in [1.165, 1.54) is 23.0 Å². The molecule has 0 atom stereocenters. The van der Waals surface area contributed by atoms with Gasteiger partial charge < -0.3 is 0 Å². The minimum absolute atomic E-state index is 0.0757. The molecule has 0 radical (unpaired) electrons. The van der Waals surface area contributed by atoms with Crippen LogP contribution in [0.25, 0.3) is 16.9 Å². The van der Waals surface area contributed by atoms with Crippen molar-refractivity contribution in [2.45, 2.75) is 12.7 Å². The third kappa shape index (κ3) is 2.27. The largest absolute Gasteiger partial charge is 0.435 e. The molecule has 0 unspecified atom stereocenters. The van der Waals surface area contributed by atoms with Crippen LogP contribution in [0.2, 0.25) is 5.15 Å². The van der Waals surface area contributed by atoms with Crippen LogP contribution in [-0.4, -0.2) is 24.1 Å². The molecule has 3 aromatic heterocycles. The molecule has 0 aliphatic carbocycles. The summed E-state index contributed by atoms with van der Waals surface area (Å²) in [5.74, 6) is 0. The lowest BCUT2D eigenvalue weighted by Crippen LogP contribution is -2.09. The summed E-state index contributed by atoms with van der Waals surface area (Å²) in [7, 11) is 0. The first kappa shape index (κ1) is 14.3. The van der Waals surface area contributed by atoms with Crippen LogP contribution in [0, 0.1) is 11.3 Å². The number of nitrogens with zero attached hydrogens (tertiary/aromatic N) is 6. The Morgan fingerprint density at radius 1 is 1.32 bits per heavy atom. The predicted octanol–water partition coefficient (Wildman–Crippen LogP) is 2.79. The van der Waals surface area contributed by atoms with Crippen LogP contribution in [0.15, 0.2) is 24.8 Å². The molecular formula is C12H6ClF3N6. The molecule has 3 aromatic rings. The second-order valence-electron chi connectivity index (χ2n) is 4.30. The van der Waals surface area contributed by atoms with E-state index in [-0.39, 0.29) is 28.6 Å². The Morgan fingerprint density at radius 2 is 2.09 bits per heavy atom. The molecule has 0 aromatic carbocycles. The average Bonchev–Trinajstić information content (AvgIpc) is 3.03. The van der Waals surface area contributed by atoms with Gasteiger partial charge in [0.05, 0.1) is 23.5 Å². The molecule has 0 spiro atoms. The van der Waals surface area contributed by atoms with Gasteiger partial charge in [-0.05, 0) is 0 Å². The van der Waals surface area contributed by atoms with Gasteiger partial charge in [-0.1, -0.05) is 11.6 Å². The van der Waals surface area contributed by atoms with Crippen LogP contribution < -0.4 is 0 Å². The lowest BCUT2D eigenvalue weighted by atomic mass is 10.2. The summed E-state index contributed by atoms with van der Waals surface area (Å²) >= 11 is 5.86. The summed E-state index contributed by atoms with van der Waals surface area (Å²) in [4.78, 5) is 7.79. The number of aromatic nitrogens is 5. The van der Waals surface area contributed by atoms with Gasteiger partial charge in [-0.2, -0.15) is 23.5 Å². The van der Waals surface area contributed by atoms with Gasteiger partial charge in [-0.15, -0.1) is 0 Å². The number of rotatable bonds is 2. The maximum Gasteiger partial charge on any atom is 0.435 e. The molecule has 0 aliphatic heterocycles. The number of halogens is 4. The quantitative estimate of drug-likeness (QED) is 0.726. The number of fused-ring (bicyclic) bond motifs is 1. The Bertz CT molecular complexity index is 889. The molecule has 0 N–H and O–H groups in total. The Morgan fingerprint density at radius 3 is 2.77 bits per heavy atom. The number of hydrogen-bond acceptors (Lipinski definition) is 4. The zero-order chi connectivity index (χ0) is 15.9. The van der Waals surface area contributed by atoms with Crippen molar-refractivity contribution in [1.29, 1.82) is 5.26 Å². The van der Waals surface area contributed by atoms with E-state index in [4.69, 9.17) is 16.9 Å². The lowest BCUT2D eigenvalue weighted by Gasteiger charge is -2.05. The van der Waals surface area contributed by atoms with E-state index < -0.39 is 11.9 Å². The zero-order valence-corrected chi connectivity index (χ0v) is 11.5. The molecule has 6 nitrogen and oxygen atoms in total. The van der Waals surface area contributed by atoms with Crippen molar-refractivity contribution in [2.75, 3.05) is 0 Å². The van der Waals surface area contributed by atoms with Gasteiger partial charge in [0.1, 0.15) is 6.54 Å². The highest BCUT2D eigenvalue weighted by atomic mass is 35.5. The van der Waals surface area contributed by atoms with E-state index in [0.29, 0.717) is 0 Å². The van der Waals surface area contributed by atoms with Gasteiger partial charge in [0.2, 0.25) is 0 Å². The van der Waals surface area contributed by atoms with E-state index in [9.17, 15) is 13.2 Å². The van der Waals surface area contributed by atoms with Crippen LogP contribution in [0.4, 0.5) is 13.2 Å². The number of nitriles is 1. The van der Waals surface area contributed by atoms with Gasteiger partial charge in [0.15, 0.2) is 16.5 Å². The Kier molecular flexibility index (Phi) is 3.26.